The normalized spacial score (nSPS) is 11.8. The van der Waals surface area contributed by atoms with E-state index >= 15 is 0 Å². The number of benzene rings is 1. The molecule has 1 aromatic rings. The lowest BCUT2D eigenvalue weighted by molar-refractivity contribution is 0.0913. The van der Waals surface area contributed by atoms with Crippen LogP contribution < -0.4 is 4.72 Å². The van der Waals surface area contributed by atoms with Gasteiger partial charge in [-0.2, -0.15) is 0 Å². The molecule has 2 N–H and O–H groups in total. The topological polar surface area (TPSA) is 75.6 Å². The maximum Gasteiger partial charge on any atom is 0.235 e. The molecule has 0 fully saturated rings. The largest absolute Gasteiger partial charge is 0.506 e. The third kappa shape index (κ3) is 5.24. The zero-order chi connectivity index (χ0) is 13.8. The summed E-state index contributed by atoms with van der Waals surface area (Å²) in [5.41, 5.74) is 0.147. The molecule has 1 aromatic carbocycles. The number of hydrogen-bond acceptors (Lipinski definition) is 4. The Kier molecular flexibility index (Phi) is 5.43. The first-order chi connectivity index (χ1) is 8.30. The van der Waals surface area contributed by atoms with Gasteiger partial charge >= 0.3 is 0 Å². The minimum Gasteiger partial charge on any atom is -0.506 e. The second kappa shape index (κ2) is 6.40. The van der Waals surface area contributed by atoms with Crippen LogP contribution in [0.15, 0.2) is 22.7 Å². The standard InChI is InChI=1S/C11H16BrNO4S/c1-8(2)17-5-6-18(15,16)13-10-7-9(12)3-4-11(10)14/h3-4,7-8,13-14H,5-6H2,1-2H3. The molecule has 18 heavy (non-hydrogen) atoms. The van der Waals surface area contributed by atoms with Crippen LogP contribution in [0.3, 0.4) is 0 Å². The molecule has 0 atom stereocenters. The average Bonchev–Trinajstić information content (AvgIpc) is 2.22. The molecule has 0 saturated carbocycles. The SMILES string of the molecule is CC(C)OCCS(=O)(=O)Nc1cc(Br)ccc1O. The number of hydrogen-bond donors (Lipinski definition) is 2. The maximum atomic E-state index is 11.7. The van der Waals surface area contributed by atoms with Gasteiger partial charge in [0.15, 0.2) is 0 Å². The Morgan fingerprint density at radius 1 is 1.44 bits per heavy atom. The van der Waals surface area contributed by atoms with Gasteiger partial charge in [-0.25, -0.2) is 8.42 Å². The Labute approximate surface area is 115 Å². The van der Waals surface area contributed by atoms with Crippen molar-refractivity contribution in [2.75, 3.05) is 17.1 Å². The molecular formula is C11H16BrNO4S. The summed E-state index contributed by atoms with van der Waals surface area (Å²) in [6.45, 7) is 3.78. The highest BCUT2D eigenvalue weighted by Crippen LogP contribution is 2.27. The van der Waals surface area contributed by atoms with Crippen molar-refractivity contribution in [3.8, 4) is 5.75 Å². The van der Waals surface area contributed by atoms with Crippen LogP contribution in [0.25, 0.3) is 0 Å². The summed E-state index contributed by atoms with van der Waals surface area (Å²) in [4.78, 5) is 0. The first-order valence-corrected chi connectivity index (χ1v) is 7.85. The second-order valence-corrected chi connectivity index (χ2v) is 6.76. The minimum absolute atomic E-state index is 0.0144. The minimum atomic E-state index is -3.53. The van der Waals surface area contributed by atoms with Crippen molar-refractivity contribution in [1.82, 2.24) is 0 Å². The summed E-state index contributed by atoms with van der Waals surface area (Å²) in [5.74, 6) is -0.275. The number of phenols is 1. The number of anilines is 1. The lowest BCUT2D eigenvalue weighted by Crippen LogP contribution is -2.21. The molecule has 0 aliphatic carbocycles. The maximum absolute atomic E-state index is 11.7. The van der Waals surface area contributed by atoms with Crippen molar-refractivity contribution >= 4 is 31.6 Å². The quantitative estimate of drug-likeness (QED) is 0.781. The predicted molar refractivity (Wildman–Crippen MR) is 74.3 cm³/mol. The van der Waals surface area contributed by atoms with Gasteiger partial charge in [-0.05, 0) is 32.0 Å². The summed E-state index contributed by atoms with van der Waals surface area (Å²) in [6, 6.07) is 4.53. The van der Waals surface area contributed by atoms with Crippen molar-refractivity contribution in [3.05, 3.63) is 22.7 Å². The third-order valence-electron chi connectivity index (χ3n) is 2.03. The number of nitrogens with one attached hydrogen (secondary N) is 1. The van der Waals surface area contributed by atoms with Crippen LogP contribution in [0.4, 0.5) is 5.69 Å². The highest BCUT2D eigenvalue weighted by atomic mass is 79.9. The predicted octanol–water partition coefficient (Wildman–Crippen LogP) is 2.32. The van der Waals surface area contributed by atoms with E-state index in [4.69, 9.17) is 4.74 Å². The number of rotatable bonds is 6. The van der Waals surface area contributed by atoms with Gasteiger partial charge in [-0.15, -0.1) is 0 Å². The molecule has 0 aliphatic rings. The van der Waals surface area contributed by atoms with Gasteiger partial charge < -0.3 is 9.84 Å². The van der Waals surface area contributed by atoms with E-state index in [0.717, 1.165) is 0 Å². The zero-order valence-corrected chi connectivity index (χ0v) is 12.6. The molecule has 0 spiro atoms. The smallest absolute Gasteiger partial charge is 0.235 e. The van der Waals surface area contributed by atoms with Crippen molar-refractivity contribution in [2.45, 2.75) is 20.0 Å². The lowest BCUT2D eigenvalue weighted by Gasteiger charge is -2.11. The fourth-order valence-corrected chi connectivity index (χ4v) is 2.48. The highest BCUT2D eigenvalue weighted by Gasteiger charge is 2.13. The van der Waals surface area contributed by atoms with Crippen LogP contribution >= 0.6 is 15.9 Å². The number of phenolic OH excluding ortho intramolecular Hbond substituents is 1. The molecule has 102 valence electrons. The van der Waals surface area contributed by atoms with Crippen molar-refractivity contribution in [2.24, 2.45) is 0 Å². The van der Waals surface area contributed by atoms with E-state index in [1.807, 2.05) is 13.8 Å². The number of halogens is 1. The van der Waals surface area contributed by atoms with Crippen LogP contribution in [-0.2, 0) is 14.8 Å². The van der Waals surface area contributed by atoms with Gasteiger partial charge in [0, 0.05) is 4.47 Å². The Bertz CT molecular complexity index is 502. The van der Waals surface area contributed by atoms with Gasteiger partial charge in [0.25, 0.3) is 0 Å². The molecule has 1 rings (SSSR count). The van der Waals surface area contributed by atoms with E-state index < -0.39 is 10.0 Å². The van der Waals surface area contributed by atoms with Crippen LogP contribution in [0, 0.1) is 0 Å². The summed E-state index contributed by atoms with van der Waals surface area (Å²) >= 11 is 3.20. The van der Waals surface area contributed by atoms with E-state index in [0.29, 0.717) is 4.47 Å². The number of ether oxygens (including phenoxy) is 1. The van der Waals surface area contributed by atoms with Gasteiger partial charge in [-0.1, -0.05) is 15.9 Å². The van der Waals surface area contributed by atoms with Crippen LogP contribution in [-0.4, -0.2) is 32.0 Å². The molecule has 0 radical (unpaired) electrons. The number of aromatic hydroxyl groups is 1. The third-order valence-corrected chi connectivity index (χ3v) is 3.76. The summed E-state index contributed by atoms with van der Waals surface area (Å²) in [7, 11) is -3.53. The summed E-state index contributed by atoms with van der Waals surface area (Å²) in [5, 5.41) is 9.53. The Hall–Kier alpha value is -0.790. The molecular weight excluding hydrogens is 322 g/mol. The molecule has 0 bridgehead atoms. The Morgan fingerprint density at radius 2 is 2.11 bits per heavy atom. The van der Waals surface area contributed by atoms with E-state index in [2.05, 4.69) is 20.7 Å². The molecule has 0 saturated heterocycles. The molecule has 0 unspecified atom stereocenters. The molecule has 0 heterocycles. The summed E-state index contributed by atoms with van der Waals surface area (Å²) in [6.07, 6.45) is -0.0144. The van der Waals surface area contributed by atoms with Gasteiger partial charge in [0.05, 0.1) is 24.2 Å². The monoisotopic (exact) mass is 337 g/mol. The fourth-order valence-electron chi connectivity index (χ4n) is 1.20. The fraction of sp³-hybridized carbons (Fsp3) is 0.455. The number of sulfonamides is 1. The zero-order valence-electron chi connectivity index (χ0n) is 10.2. The van der Waals surface area contributed by atoms with E-state index in [1.165, 1.54) is 12.1 Å². The first-order valence-electron chi connectivity index (χ1n) is 5.41. The van der Waals surface area contributed by atoms with E-state index in [1.54, 1.807) is 6.07 Å². The van der Waals surface area contributed by atoms with E-state index in [-0.39, 0.29) is 29.9 Å². The van der Waals surface area contributed by atoms with Crippen molar-refractivity contribution in [1.29, 1.82) is 0 Å². The van der Waals surface area contributed by atoms with Gasteiger partial charge in [0.1, 0.15) is 5.75 Å². The Balaban J connectivity index is 2.67. The van der Waals surface area contributed by atoms with Crippen molar-refractivity contribution in [3.63, 3.8) is 0 Å². The van der Waals surface area contributed by atoms with Crippen LogP contribution in [0.2, 0.25) is 0 Å². The lowest BCUT2D eigenvalue weighted by atomic mass is 10.3. The highest BCUT2D eigenvalue weighted by molar-refractivity contribution is 9.10. The van der Waals surface area contributed by atoms with Gasteiger partial charge in [0.2, 0.25) is 10.0 Å². The van der Waals surface area contributed by atoms with Crippen molar-refractivity contribution < 1.29 is 18.3 Å². The van der Waals surface area contributed by atoms with Gasteiger partial charge in [-0.3, -0.25) is 4.72 Å². The Morgan fingerprint density at radius 3 is 2.72 bits per heavy atom. The van der Waals surface area contributed by atoms with E-state index in [9.17, 15) is 13.5 Å². The summed E-state index contributed by atoms with van der Waals surface area (Å²) < 4.78 is 31.6. The average molecular weight is 338 g/mol. The molecule has 7 heteroatoms. The molecule has 0 aromatic heterocycles. The van der Waals surface area contributed by atoms with Crippen LogP contribution in [0.5, 0.6) is 5.75 Å². The van der Waals surface area contributed by atoms with Crippen LogP contribution in [0.1, 0.15) is 13.8 Å². The molecule has 0 amide bonds. The first kappa shape index (κ1) is 15.3. The molecule has 5 nitrogen and oxygen atoms in total. The second-order valence-electron chi connectivity index (χ2n) is 4.00. The molecule has 0 aliphatic heterocycles.